The minimum Gasteiger partial charge on any atom is -0.479 e. The summed E-state index contributed by atoms with van der Waals surface area (Å²) in [6.45, 7) is 0. The van der Waals surface area contributed by atoms with Crippen LogP contribution in [0.1, 0.15) is 5.56 Å². The van der Waals surface area contributed by atoms with Gasteiger partial charge in [-0.2, -0.15) is 9.84 Å². The molecule has 1 rings (SSSR count). The largest absolute Gasteiger partial charge is 0.479 e. The molecule has 0 aliphatic heterocycles. The molecule has 0 aliphatic carbocycles. The number of methoxy groups -OCH3 is 1. The summed E-state index contributed by atoms with van der Waals surface area (Å²) in [6, 6.07) is 3.22. The first-order chi connectivity index (χ1) is 6.19. The van der Waals surface area contributed by atoms with Crippen LogP contribution in [0.5, 0.6) is 5.88 Å². The molecule has 0 saturated carbocycles. The highest BCUT2D eigenvalue weighted by Gasteiger charge is 2.10. The van der Waals surface area contributed by atoms with Gasteiger partial charge in [0.05, 0.1) is 12.7 Å². The van der Waals surface area contributed by atoms with Gasteiger partial charge >= 0.3 is 0 Å². The molecule has 1 heterocycles. The molecule has 1 aromatic heterocycles. The minimum absolute atomic E-state index is 0.128. The zero-order valence-electron chi connectivity index (χ0n) is 6.73. The number of pyridine rings is 1. The lowest BCUT2D eigenvalue weighted by molar-refractivity contribution is 0.315. The first-order valence-electron chi connectivity index (χ1n) is 3.28. The van der Waals surface area contributed by atoms with Gasteiger partial charge < -0.3 is 4.74 Å². The minimum atomic E-state index is 0.128. The van der Waals surface area contributed by atoms with Crippen molar-refractivity contribution in [1.29, 1.82) is 5.26 Å². The Bertz CT molecular complexity index is 348. The second-order valence-corrected chi connectivity index (χ2v) is 2.44. The van der Waals surface area contributed by atoms with Crippen molar-refractivity contribution in [2.75, 3.05) is 11.7 Å². The van der Waals surface area contributed by atoms with E-state index in [0.29, 0.717) is 4.58 Å². The zero-order valence-corrected chi connectivity index (χ0v) is 7.49. The van der Waals surface area contributed by atoms with E-state index in [2.05, 4.69) is 4.98 Å². The van der Waals surface area contributed by atoms with E-state index in [1.54, 1.807) is 0 Å². The Labute approximate surface area is 79.8 Å². The molecule has 0 spiro atoms. The Kier molecular flexibility index (Phi) is 2.90. The van der Waals surface area contributed by atoms with E-state index >= 15 is 0 Å². The van der Waals surface area contributed by atoms with Crippen LogP contribution in [0.15, 0.2) is 12.3 Å². The molecule has 0 saturated heterocycles. The van der Waals surface area contributed by atoms with Crippen LogP contribution in [0, 0.1) is 11.3 Å². The molecule has 6 heteroatoms. The number of aromatic nitrogens is 1. The molecule has 0 amide bonds. The van der Waals surface area contributed by atoms with E-state index in [4.69, 9.17) is 27.0 Å². The van der Waals surface area contributed by atoms with Crippen LogP contribution in [-0.2, 0) is 0 Å². The number of ether oxygens (including phenoxy) is 1. The standard InChI is InChI=1S/C7H6ClN3O2/c1-13-7-6(11(8)12)2-5(3-9)4-10-7/h2,4,12H,1H3. The van der Waals surface area contributed by atoms with Gasteiger partial charge in [-0.25, -0.2) is 4.98 Å². The van der Waals surface area contributed by atoms with Crippen molar-refractivity contribution in [2.24, 2.45) is 0 Å². The quantitative estimate of drug-likeness (QED) is 0.575. The smallest absolute Gasteiger partial charge is 0.241 e. The lowest BCUT2D eigenvalue weighted by Gasteiger charge is -2.10. The van der Waals surface area contributed by atoms with Crippen LogP contribution in [-0.4, -0.2) is 17.3 Å². The third kappa shape index (κ3) is 1.99. The van der Waals surface area contributed by atoms with E-state index in [1.165, 1.54) is 19.4 Å². The number of nitrogens with zero attached hydrogens (tertiary/aromatic N) is 3. The van der Waals surface area contributed by atoms with E-state index in [9.17, 15) is 0 Å². The topological polar surface area (TPSA) is 69.4 Å². The van der Waals surface area contributed by atoms with Gasteiger partial charge in [0.1, 0.15) is 11.8 Å². The Morgan fingerprint density at radius 3 is 2.92 bits per heavy atom. The summed E-state index contributed by atoms with van der Waals surface area (Å²) in [7, 11) is 1.39. The average molecular weight is 200 g/mol. The molecule has 68 valence electrons. The normalized spacial score (nSPS) is 9.08. The SMILES string of the molecule is COc1ncc(C#N)cc1N(O)Cl. The molecule has 0 unspecified atom stereocenters. The molecule has 0 atom stereocenters. The van der Waals surface area contributed by atoms with Gasteiger partial charge in [-0.3, -0.25) is 5.21 Å². The molecule has 5 nitrogen and oxygen atoms in total. The maximum atomic E-state index is 8.92. The average Bonchev–Trinajstić information content (AvgIpc) is 2.16. The van der Waals surface area contributed by atoms with Crippen LogP contribution >= 0.6 is 11.8 Å². The van der Waals surface area contributed by atoms with Gasteiger partial charge in [-0.15, -0.1) is 0 Å². The number of nitriles is 1. The maximum Gasteiger partial charge on any atom is 0.241 e. The molecule has 0 aromatic carbocycles. The van der Waals surface area contributed by atoms with Gasteiger partial charge in [0.25, 0.3) is 0 Å². The summed E-state index contributed by atoms with van der Waals surface area (Å²) in [5.41, 5.74) is 0.415. The summed E-state index contributed by atoms with van der Waals surface area (Å²) in [4.78, 5) is 3.76. The van der Waals surface area contributed by atoms with Crippen LogP contribution in [0.4, 0.5) is 5.69 Å². The second kappa shape index (κ2) is 3.94. The molecule has 13 heavy (non-hydrogen) atoms. The van der Waals surface area contributed by atoms with Gasteiger partial charge in [-0.1, -0.05) is 0 Å². The monoisotopic (exact) mass is 199 g/mol. The van der Waals surface area contributed by atoms with Gasteiger partial charge in [0.2, 0.25) is 5.88 Å². The van der Waals surface area contributed by atoms with E-state index in [0.717, 1.165) is 0 Å². The van der Waals surface area contributed by atoms with Crippen LogP contribution < -0.4 is 9.32 Å². The van der Waals surface area contributed by atoms with Crippen molar-refractivity contribution in [3.05, 3.63) is 17.8 Å². The van der Waals surface area contributed by atoms with Gasteiger partial charge in [0, 0.05) is 18.0 Å². The Morgan fingerprint density at radius 2 is 2.46 bits per heavy atom. The summed E-state index contributed by atoms with van der Waals surface area (Å²) in [5, 5.41) is 17.5. The first-order valence-corrected chi connectivity index (χ1v) is 3.61. The van der Waals surface area contributed by atoms with E-state index in [-0.39, 0.29) is 17.1 Å². The second-order valence-electron chi connectivity index (χ2n) is 2.12. The fourth-order valence-electron chi connectivity index (χ4n) is 0.791. The zero-order chi connectivity index (χ0) is 9.84. The summed E-state index contributed by atoms with van der Waals surface area (Å²) >= 11 is 5.28. The lowest BCUT2D eigenvalue weighted by Crippen LogP contribution is -2.05. The third-order valence-corrected chi connectivity index (χ3v) is 1.54. The fraction of sp³-hybridized carbons (Fsp3) is 0.143. The Hall–Kier alpha value is -1.51. The highest BCUT2D eigenvalue weighted by Crippen LogP contribution is 2.26. The number of halogens is 1. The molecule has 0 radical (unpaired) electrons. The number of hydrogen-bond acceptors (Lipinski definition) is 5. The predicted molar refractivity (Wildman–Crippen MR) is 45.6 cm³/mol. The Balaban J connectivity index is 3.20. The molecule has 0 fully saturated rings. The maximum absolute atomic E-state index is 8.92. The first kappa shape index (κ1) is 9.58. The molecule has 1 N–H and O–H groups in total. The number of hydrogen-bond donors (Lipinski definition) is 1. The van der Waals surface area contributed by atoms with Crippen LogP contribution in [0.3, 0.4) is 0 Å². The molecule has 1 aromatic rings. The summed E-state index contributed by atoms with van der Waals surface area (Å²) < 4.78 is 5.13. The summed E-state index contributed by atoms with van der Waals surface area (Å²) in [5.74, 6) is 0.150. The van der Waals surface area contributed by atoms with Crippen LogP contribution in [0.2, 0.25) is 0 Å². The summed E-state index contributed by atoms with van der Waals surface area (Å²) in [6.07, 6.45) is 1.32. The number of rotatable bonds is 2. The van der Waals surface area contributed by atoms with Crippen molar-refractivity contribution in [3.63, 3.8) is 0 Å². The van der Waals surface area contributed by atoms with Gasteiger partial charge in [0.15, 0.2) is 0 Å². The van der Waals surface area contributed by atoms with Crippen molar-refractivity contribution in [2.45, 2.75) is 0 Å². The number of anilines is 1. The van der Waals surface area contributed by atoms with Crippen molar-refractivity contribution in [3.8, 4) is 11.9 Å². The van der Waals surface area contributed by atoms with Crippen molar-refractivity contribution >= 4 is 17.5 Å². The lowest BCUT2D eigenvalue weighted by atomic mass is 10.3. The van der Waals surface area contributed by atoms with Crippen LogP contribution in [0.25, 0.3) is 0 Å². The highest BCUT2D eigenvalue weighted by molar-refractivity contribution is 6.24. The molecular weight excluding hydrogens is 194 g/mol. The van der Waals surface area contributed by atoms with E-state index < -0.39 is 0 Å². The van der Waals surface area contributed by atoms with Gasteiger partial charge in [-0.05, 0) is 6.07 Å². The van der Waals surface area contributed by atoms with Crippen molar-refractivity contribution in [1.82, 2.24) is 4.98 Å². The highest BCUT2D eigenvalue weighted by atomic mass is 35.5. The third-order valence-electron chi connectivity index (χ3n) is 1.35. The molecule has 0 aliphatic rings. The molecule has 0 bridgehead atoms. The fourth-order valence-corrected chi connectivity index (χ4v) is 0.912. The van der Waals surface area contributed by atoms with Crippen molar-refractivity contribution < 1.29 is 9.94 Å². The van der Waals surface area contributed by atoms with E-state index in [1.807, 2.05) is 6.07 Å². The molecular formula is C7H6ClN3O2. The Morgan fingerprint density at radius 1 is 1.77 bits per heavy atom. The predicted octanol–water partition coefficient (Wildman–Crippen LogP) is 1.31.